The topological polar surface area (TPSA) is 66.5 Å². The number of carbonyl (C=O) groups is 1. The van der Waals surface area contributed by atoms with Crippen molar-refractivity contribution >= 4 is 27.5 Å². The summed E-state index contributed by atoms with van der Waals surface area (Å²) in [7, 11) is -3.15. The Kier molecular flexibility index (Phi) is 6.49. The first-order valence-electron chi connectivity index (χ1n) is 9.92. The first-order valence-corrected chi connectivity index (χ1v) is 11.9. The highest BCUT2D eigenvalue weighted by Crippen LogP contribution is 2.42. The van der Waals surface area contributed by atoms with Crippen LogP contribution >= 0.6 is 11.6 Å². The Balaban J connectivity index is 1.65. The number of carbonyl (C=O) groups excluding carboxylic acids is 1. The van der Waals surface area contributed by atoms with Gasteiger partial charge in [-0.1, -0.05) is 43.5 Å². The van der Waals surface area contributed by atoms with E-state index in [1.807, 2.05) is 31.2 Å². The van der Waals surface area contributed by atoms with E-state index >= 15 is 0 Å². The van der Waals surface area contributed by atoms with E-state index in [0.29, 0.717) is 37.4 Å². The van der Waals surface area contributed by atoms with Gasteiger partial charge in [-0.15, -0.1) is 0 Å². The molecule has 1 heterocycles. The normalized spacial score (nSPS) is 21.3. The third-order valence-corrected chi connectivity index (χ3v) is 8.26. The van der Waals surface area contributed by atoms with E-state index in [1.165, 1.54) is 0 Å². The van der Waals surface area contributed by atoms with Gasteiger partial charge in [-0.05, 0) is 49.8 Å². The fourth-order valence-corrected chi connectivity index (χ4v) is 6.05. The van der Waals surface area contributed by atoms with Crippen LogP contribution in [-0.4, -0.2) is 43.5 Å². The zero-order valence-electron chi connectivity index (χ0n) is 15.9. The number of nitrogens with one attached hydrogen (secondary N) is 1. The molecule has 0 spiro atoms. The van der Waals surface area contributed by atoms with Crippen molar-refractivity contribution in [3.05, 3.63) is 34.9 Å². The molecular weight excluding hydrogens is 384 g/mol. The van der Waals surface area contributed by atoms with Crippen LogP contribution in [0.3, 0.4) is 0 Å². The first-order chi connectivity index (χ1) is 12.9. The number of hydrogen-bond acceptors (Lipinski definition) is 3. The van der Waals surface area contributed by atoms with Crippen LogP contribution in [0.4, 0.5) is 0 Å². The summed E-state index contributed by atoms with van der Waals surface area (Å²) in [6.07, 6.45) is 5.77. The lowest BCUT2D eigenvalue weighted by Gasteiger charge is -2.35. The number of nitrogens with zero attached hydrogens (tertiary/aromatic N) is 1. The Hall–Kier alpha value is -1.11. The highest BCUT2D eigenvalue weighted by atomic mass is 35.5. The summed E-state index contributed by atoms with van der Waals surface area (Å²) in [4.78, 5) is 13.2. The van der Waals surface area contributed by atoms with Crippen molar-refractivity contribution in [3.8, 4) is 0 Å². The van der Waals surface area contributed by atoms with Crippen LogP contribution in [0.2, 0.25) is 5.02 Å². The molecule has 1 saturated heterocycles. The van der Waals surface area contributed by atoms with Crippen LogP contribution in [0.15, 0.2) is 24.3 Å². The summed E-state index contributed by atoms with van der Waals surface area (Å²) in [5.74, 6) is 0.279. The zero-order valence-corrected chi connectivity index (χ0v) is 17.5. The molecule has 7 heteroatoms. The first kappa shape index (κ1) is 20.6. The lowest BCUT2D eigenvalue weighted by atomic mass is 9.77. The molecule has 2 fully saturated rings. The monoisotopic (exact) mass is 412 g/mol. The molecule has 2 aliphatic rings. The number of rotatable bonds is 6. The second-order valence-corrected chi connectivity index (χ2v) is 10.3. The molecule has 1 aliphatic carbocycles. The largest absolute Gasteiger partial charge is 0.352 e. The predicted molar refractivity (Wildman–Crippen MR) is 108 cm³/mol. The lowest BCUT2D eigenvalue weighted by molar-refractivity contribution is -0.127. The van der Waals surface area contributed by atoms with Gasteiger partial charge in [0, 0.05) is 24.2 Å². The number of benzene rings is 1. The molecule has 1 aromatic carbocycles. The smallest absolute Gasteiger partial charge is 0.230 e. The van der Waals surface area contributed by atoms with E-state index in [9.17, 15) is 13.2 Å². The van der Waals surface area contributed by atoms with Crippen molar-refractivity contribution in [2.24, 2.45) is 0 Å². The highest BCUT2D eigenvalue weighted by Gasteiger charge is 2.43. The van der Waals surface area contributed by atoms with Gasteiger partial charge in [0.15, 0.2) is 0 Å². The van der Waals surface area contributed by atoms with Gasteiger partial charge in [-0.3, -0.25) is 4.79 Å². The second kappa shape index (κ2) is 8.50. The molecule has 27 heavy (non-hydrogen) atoms. The molecule has 0 aromatic heterocycles. The van der Waals surface area contributed by atoms with Crippen LogP contribution < -0.4 is 5.32 Å². The quantitative estimate of drug-likeness (QED) is 0.777. The van der Waals surface area contributed by atoms with Crippen molar-refractivity contribution in [1.82, 2.24) is 9.62 Å². The lowest BCUT2D eigenvalue weighted by Crippen LogP contribution is -2.51. The van der Waals surface area contributed by atoms with Gasteiger partial charge < -0.3 is 5.32 Å². The van der Waals surface area contributed by atoms with Crippen molar-refractivity contribution in [3.63, 3.8) is 0 Å². The maximum absolute atomic E-state index is 13.2. The van der Waals surface area contributed by atoms with Crippen LogP contribution in [0.25, 0.3) is 0 Å². The highest BCUT2D eigenvalue weighted by molar-refractivity contribution is 7.89. The molecule has 0 atom stereocenters. The molecule has 150 valence electrons. The maximum Gasteiger partial charge on any atom is 0.230 e. The molecule has 1 saturated carbocycles. The summed E-state index contributed by atoms with van der Waals surface area (Å²) in [6.45, 7) is 2.85. The summed E-state index contributed by atoms with van der Waals surface area (Å²) in [6, 6.07) is 7.67. The zero-order chi connectivity index (χ0) is 19.5. The Morgan fingerprint density at radius 3 is 2.33 bits per heavy atom. The summed E-state index contributed by atoms with van der Waals surface area (Å²) in [5.41, 5.74) is 0.556. The van der Waals surface area contributed by atoms with Crippen LogP contribution in [0, 0.1) is 0 Å². The Bertz CT molecular complexity index is 750. The second-order valence-electron chi connectivity index (χ2n) is 7.76. The van der Waals surface area contributed by atoms with Crippen molar-refractivity contribution in [2.45, 2.75) is 63.3 Å². The Labute approximate surface area is 167 Å². The van der Waals surface area contributed by atoms with Gasteiger partial charge in [0.2, 0.25) is 15.9 Å². The van der Waals surface area contributed by atoms with E-state index in [-0.39, 0.29) is 17.7 Å². The number of halogens is 1. The molecule has 1 aromatic rings. The van der Waals surface area contributed by atoms with E-state index < -0.39 is 15.4 Å². The van der Waals surface area contributed by atoms with E-state index in [1.54, 1.807) is 4.31 Å². The van der Waals surface area contributed by atoms with Crippen LogP contribution in [0.1, 0.15) is 57.4 Å². The molecule has 1 aliphatic heterocycles. The minimum atomic E-state index is -3.15. The number of hydrogen-bond donors (Lipinski definition) is 1. The van der Waals surface area contributed by atoms with Gasteiger partial charge >= 0.3 is 0 Å². The third kappa shape index (κ3) is 4.49. The molecule has 0 unspecified atom stereocenters. The molecule has 0 radical (unpaired) electrons. The number of sulfonamides is 1. The molecule has 0 bridgehead atoms. The number of amides is 1. The summed E-state index contributed by atoms with van der Waals surface area (Å²) in [5, 5.41) is 3.90. The van der Waals surface area contributed by atoms with Crippen LogP contribution in [0.5, 0.6) is 0 Å². The minimum absolute atomic E-state index is 0.0374. The molecule has 3 rings (SSSR count). The van der Waals surface area contributed by atoms with E-state index in [4.69, 9.17) is 11.6 Å². The SMILES string of the molecule is CCCS(=O)(=O)N1CCC(NC(=O)C2(c3ccc(Cl)cc3)CCCC2)CC1. The fraction of sp³-hybridized carbons (Fsp3) is 0.650. The Morgan fingerprint density at radius 2 is 1.78 bits per heavy atom. The number of piperidine rings is 1. The van der Waals surface area contributed by atoms with Gasteiger partial charge in [-0.2, -0.15) is 0 Å². The van der Waals surface area contributed by atoms with Crippen molar-refractivity contribution in [1.29, 1.82) is 0 Å². The molecule has 5 nitrogen and oxygen atoms in total. The van der Waals surface area contributed by atoms with E-state index in [2.05, 4.69) is 5.32 Å². The van der Waals surface area contributed by atoms with Gasteiger partial charge in [0.1, 0.15) is 0 Å². The summed E-state index contributed by atoms with van der Waals surface area (Å²) < 4.78 is 26.0. The molecule has 1 N–H and O–H groups in total. The van der Waals surface area contributed by atoms with Gasteiger partial charge in [-0.25, -0.2) is 12.7 Å². The maximum atomic E-state index is 13.2. The molecule has 1 amide bonds. The fourth-order valence-electron chi connectivity index (χ4n) is 4.38. The molecular formula is C20H29ClN2O3S. The van der Waals surface area contributed by atoms with Crippen molar-refractivity contribution in [2.75, 3.05) is 18.8 Å². The third-order valence-electron chi connectivity index (χ3n) is 5.93. The van der Waals surface area contributed by atoms with E-state index in [0.717, 1.165) is 31.2 Å². The van der Waals surface area contributed by atoms with Gasteiger partial charge in [0.05, 0.1) is 11.2 Å². The Morgan fingerprint density at radius 1 is 1.19 bits per heavy atom. The summed E-state index contributed by atoms with van der Waals surface area (Å²) >= 11 is 6.02. The average Bonchev–Trinajstić information content (AvgIpc) is 3.14. The predicted octanol–water partition coefficient (Wildman–Crippen LogP) is 3.47. The van der Waals surface area contributed by atoms with Crippen LogP contribution in [-0.2, 0) is 20.2 Å². The van der Waals surface area contributed by atoms with Gasteiger partial charge in [0.25, 0.3) is 0 Å². The average molecular weight is 413 g/mol. The minimum Gasteiger partial charge on any atom is -0.352 e. The van der Waals surface area contributed by atoms with Crippen molar-refractivity contribution < 1.29 is 13.2 Å². The standard InChI is InChI=1S/C20H29ClN2O3S/c1-2-15-27(25,26)23-13-9-18(10-14-23)22-19(24)20(11-3-4-12-20)16-5-7-17(21)8-6-16/h5-8,18H,2-4,9-15H2,1H3,(H,22,24).